The lowest BCUT2D eigenvalue weighted by atomic mass is 9.99. The highest BCUT2D eigenvalue weighted by Gasteiger charge is 2.29. The van der Waals surface area contributed by atoms with Crippen LogP contribution in [-0.4, -0.2) is 46.8 Å². The van der Waals surface area contributed by atoms with Gasteiger partial charge in [0.25, 0.3) is 5.91 Å². The summed E-state index contributed by atoms with van der Waals surface area (Å²) in [5.74, 6) is 0.0788. The molecule has 1 aliphatic heterocycles. The summed E-state index contributed by atoms with van der Waals surface area (Å²) in [6, 6.07) is 15.1. The average Bonchev–Trinajstić information content (AvgIpc) is 3.23. The number of rotatable bonds is 4. The molecule has 0 bridgehead atoms. The lowest BCUT2D eigenvalue weighted by molar-refractivity contribution is -0.129. The maximum absolute atomic E-state index is 12.6. The quantitative estimate of drug-likeness (QED) is 0.762. The van der Waals surface area contributed by atoms with E-state index >= 15 is 0 Å². The van der Waals surface area contributed by atoms with Gasteiger partial charge in [0.15, 0.2) is 0 Å². The minimum Gasteiger partial charge on any atom is -0.355 e. The molecule has 4 rings (SSSR count). The Morgan fingerprint density at radius 2 is 2.00 bits per heavy atom. The summed E-state index contributed by atoms with van der Waals surface area (Å²) in [5, 5.41) is 3.55. The second-order valence-electron chi connectivity index (χ2n) is 7.01. The predicted molar refractivity (Wildman–Crippen MR) is 107 cm³/mol. The van der Waals surface area contributed by atoms with Gasteiger partial charge in [0.05, 0.1) is 17.5 Å². The summed E-state index contributed by atoms with van der Waals surface area (Å²) < 4.78 is 0. The topological polar surface area (TPSA) is 75.2 Å². The van der Waals surface area contributed by atoms with Crippen LogP contribution < -0.4 is 5.32 Å². The number of fused-ring (bicyclic) bond motifs is 1. The number of likely N-dealkylation sites (tertiary alicyclic amines) is 1. The number of amides is 2. The first-order valence-corrected chi connectivity index (χ1v) is 9.45. The summed E-state index contributed by atoms with van der Waals surface area (Å²) in [6.07, 6.45) is 2.85. The van der Waals surface area contributed by atoms with Crippen LogP contribution in [0.2, 0.25) is 0 Å². The van der Waals surface area contributed by atoms with Crippen molar-refractivity contribution in [2.24, 2.45) is 0 Å². The Balaban J connectivity index is 1.56. The Morgan fingerprint density at radius 3 is 2.79 bits per heavy atom. The van der Waals surface area contributed by atoms with E-state index in [4.69, 9.17) is 4.98 Å². The van der Waals surface area contributed by atoms with E-state index in [0.29, 0.717) is 25.1 Å². The molecule has 3 aromatic rings. The number of carbonyl (C=O) groups is 2. The van der Waals surface area contributed by atoms with Crippen LogP contribution in [-0.2, 0) is 11.2 Å². The molecule has 2 amide bonds. The van der Waals surface area contributed by atoms with Crippen molar-refractivity contribution < 1.29 is 9.59 Å². The normalized spacial score (nSPS) is 16.3. The molecule has 2 aromatic heterocycles. The van der Waals surface area contributed by atoms with Crippen molar-refractivity contribution in [3.8, 4) is 0 Å². The third kappa shape index (κ3) is 3.58. The second kappa shape index (κ2) is 7.76. The van der Waals surface area contributed by atoms with Crippen LogP contribution in [0, 0.1) is 0 Å². The minimum atomic E-state index is -0.124. The highest BCUT2D eigenvalue weighted by molar-refractivity contribution is 6.06. The molecule has 3 heterocycles. The van der Waals surface area contributed by atoms with Crippen molar-refractivity contribution in [2.45, 2.75) is 18.8 Å². The number of carbonyl (C=O) groups excluding carboxylic acids is 2. The van der Waals surface area contributed by atoms with E-state index < -0.39 is 0 Å². The predicted octanol–water partition coefficient (Wildman–Crippen LogP) is 2.55. The molecule has 0 aliphatic carbocycles. The lowest BCUT2D eigenvalue weighted by Crippen LogP contribution is -2.30. The molecule has 1 unspecified atom stereocenters. The molecule has 28 heavy (non-hydrogen) atoms. The van der Waals surface area contributed by atoms with Crippen molar-refractivity contribution in [1.82, 2.24) is 20.2 Å². The molecule has 6 heteroatoms. The Morgan fingerprint density at radius 1 is 1.18 bits per heavy atom. The SMILES string of the molecule is CNC(=O)c1cc(C2CCN(C(=O)Cc3ccccn3)C2)nc2ccccc12. The Labute approximate surface area is 163 Å². The Bertz CT molecular complexity index is 1020. The van der Waals surface area contributed by atoms with Crippen molar-refractivity contribution >= 4 is 22.7 Å². The fraction of sp³-hybridized carbons (Fsp3) is 0.273. The van der Waals surface area contributed by atoms with Gasteiger partial charge >= 0.3 is 0 Å². The van der Waals surface area contributed by atoms with Gasteiger partial charge in [-0.2, -0.15) is 0 Å². The van der Waals surface area contributed by atoms with E-state index in [9.17, 15) is 9.59 Å². The molecule has 0 saturated carbocycles. The molecule has 0 radical (unpaired) electrons. The molecule has 1 atom stereocenters. The third-order valence-electron chi connectivity index (χ3n) is 5.23. The fourth-order valence-corrected chi connectivity index (χ4v) is 3.73. The minimum absolute atomic E-state index is 0.0773. The van der Waals surface area contributed by atoms with Crippen LogP contribution in [0.4, 0.5) is 0 Å². The first-order valence-electron chi connectivity index (χ1n) is 9.45. The highest BCUT2D eigenvalue weighted by atomic mass is 16.2. The average molecular weight is 374 g/mol. The van der Waals surface area contributed by atoms with Crippen molar-refractivity contribution in [3.63, 3.8) is 0 Å². The maximum atomic E-state index is 12.6. The zero-order valence-electron chi connectivity index (χ0n) is 15.8. The fourth-order valence-electron chi connectivity index (χ4n) is 3.73. The van der Waals surface area contributed by atoms with Crippen molar-refractivity contribution in [2.75, 3.05) is 20.1 Å². The van der Waals surface area contributed by atoms with Crippen LogP contribution >= 0.6 is 0 Å². The zero-order valence-corrected chi connectivity index (χ0v) is 15.8. The monoisotopic (exact) mass is 374 g/mol. The van der Waals surface area contributed by atoms with E-state index in [2.05, 4.69) is 10.3 Å². The second-order valence-corrected chi connectivity index (χ2v) is 7.01. The molecular formula is C22H22N4O2. The molecule has 1 aliphatic rings. The van der Waals surface area contributed by atoms with Gasteiger partial charge in [0, 0.05) is 49.0 Å². The largest absolute Gasteiger partial charge is 0.355 e. The smallest absolute Gasteiger partial charge is 0.251 e. The van der Waals surface area contributed by atoms with Gasteiger partial charge in [0.2, 0.25) is 5.91 Å². The number of hydrogen-bond acceptors (Lipinski definition) is 4. The first-order chi connectivity index (χ1) is 13.7. The van der Waals surface area contributed by atoms with Crippen LogP contribution in [0.5, 0.6) is 0 Å². The van der Waals surface area contributed by atoms with Gasteiger partial charge in [-0.3, -0.25) is 19.6 Å². The number of pyridine rings is 2. The number of nitrogens with zero attached hydrogens (tertiary/aromatic N) is 3. The summed E-state index contributed by atoms with van der Waals surface area (Å²) in [6.45, 7) is 1.31. The number of para-hydroxylation sites is 1. The van der Waals surface area contributed by atoms with Crippen molar-refractivity contribution in [3.05, 3.63) is 71.7 Å². The summed E-state index contributed by atoms with van der Waals surface area (Å²) >= 11 is 0. The molecule has 0 spiro atoms. The zero-order chi connectivity index (χ0) is 19.5. The molecule has 142 valence electrons. The number of nitrogens with one attached hydrogen (secondary N) is 1. The third-order valence-corrected chi connectivity index (χ3v) is 5.23. The Kier molecular flexibility index (Phi) is 5.02. The summed E-state index contributed by atoms with van der Waals surface area (Å²) in [4.78, 5) is 35.9. The van der Waals surface area contributed by atoms with Gasteiger partial charge in [-0.1, -0.05) is 24.3 Å². The molecule has 1 N–H and O–H groups in total. The molecule has 6 nitrogen and oxygen atoms in total. The van der Waals surface area contributed by atoms with Crippen LogP contribution in [0.25, 0.3) is 10.9 Å². The van der Waals surface area contributed by atoms with Crippen LogP contribution in [0.3, 0.4) is 0 Å². The highest BCUT2D eigenvalue weighted by Crippen LogP contribution is 2.29. The van der Waals surface area contributed by atoms with Gasteiger partial charge in [0.1, 0.15) is 0 Å². The van der Waals surface area contributed by atoms with Gasteiger partial charge in [-0.25, -0.2) is 0 Å². The molecular weight excluding hydrogens is 352 g/mol. The van der Waals surface area contributed by atoms with Gasteiger partial charge in [-0.05, 0) is 30.7 Å². The molecule has 1 fully saturated rings. The van der Waals surface area contributed by atoms with E-state index in [1.165, 1.54) is 0 Å². The van der Waals surface area contributed by atoms with E-state index in [-0.39, 0.29) is 17.7 Å². The van der Waals surface area contributed by atoms with E-state index in [1.54, 1.807) is 13.2 Å². The number of aromatic nitrogens is 2. The standard InChI is InChI=1S/C22H22N4O2/c1-23-22(28)18-13-20(25-19-8-3-2-7-17(18)19)15-9-11-26(14-15)21(27)12-16-6-4-5-10-24-16/h2-8,10,13,15H,9,11-12,14H2,1H3,(H,23,28). The summed E-state index contributed by atoms with van der Waals surface area (Å²) in [7, 11) is 1.63. The van der Waals surface area contributed by atoms with Gasteiger partial charge < -0.3 is 10.2 Å². The van der Waals surface area contributed by atoms with Crippen LogP contribution in [0.1, 0.15) is 34.1 Å². The van der Waals surface area contributed by atoms with Crippen LogP contribution in [0.15, 0.2) is 54.7 Å². The van der Waals surface area contributed by atoms with E-state index in [1.807, 2.05) is 53.4 Å². The molecule has 1 saturated heterocycles. The molecule has 1 aromatic carbocycles. The summed E-state index contributed by atoms with van der Waals surface area (Å²) in [5.41, 5.74) is 3.07. The lowest BCUT2D eigenvalue weighted by Gasteiger charge is -2.17. The van der Waals surface area contributed by atoms with E-state index in [0.717, 1.165) is 28.7 Å². The number of benzene rings is 1. The maximum Gasteiger partial charge on any atom is 0.251 e. The van der Waals surface area contributed by atoms with Crippen molar-refractivity contribution in [1.29, 1.82) is 0 Å². The first kappa shape index (κ1) is 18.1. The Hall–Kier alpha value is -3.28. The number of hydrogen-bond donors (Lipinski definition) is 1. The van der Waals surface area contributed by atoms with Gasteiger partial charge in [-0.15, -0.1) is 0 Å².